The van der Waals surface area contributed by atoms with E-state index < -0.39 is 22.0 Å². The van der Waals surface area contributed by atoms with E-state index in [1.807, 2.05) is 0 Å². The second-order valence-corrected chi connectivity index (χ2v) is 7.91. The smallest absolute Gasteiger partial charge is 0.279 e. The number of hydrogen-bond acceptors (Lipinski definition) is 5. The van der Waals surface area contributed by atoms with Gasteiger partial charge in [0.1, 0.15) is 6.61 Å². The Kier molecular flexibility index (Phi) is 4.98. The minimum Gasteiger partial charge on any atom is -0.485 e. The largest absolute Gasteiger partial charge is 0.485 e. The number of hydrogen-bond donors (Lipinski definition) is 2. The molecule has 132 valence electrons. The van der Waals surface area contributed by atoms with E-state index in [9.17, 15) is 13.2 Å². The van der Waals surface area contributed by atoms with E-state index in [1.165, 1.54) is 12.1 Å². The highest BCUT2D eigenvalue weighted by Gasteiger charge is 2.28. The van der Waals surface area contributed by atoms with Gasteiger partial charge in [-0.05, 0) is 42.8 Å². The van der Waals surface area contributed by atoms with Crippen molar-refractivity contribution in [1.82, 2.24) is 10.3 Å². The van der Waals surface area contributed by atoms with Gasteiger partial charge in [0, 0.05) is 4.47 Å². The average molecular weight is 427 g/mol. The first kappa shape index (κ1) is 17.7. The summed E-state index contributed by atoms with van der Waals surface area (Å²) in [6, 6.07) is 11.5. The molecule has 3 rings (SSSR count). The number of hydrazine groups is 1. The van der Waals surface area contributed by atoms with Crippen molar-refractivity contribution in [3.63, 3.8) is 0 Å². The second kappa shape index (κ2) is 7.03. The van der Waals surface area contributed by atoms with Crippen molar-refractivity contribution in [3.8, 4) is 11.5 Å². The number of para-hydroxylation sites is 2. The number of rotatable bonds is 4. The first-order valence-electron chi connectivity index (χ1n) is 7.33. The van der Waals surface area contributed by atoms with Crippen LogP contribution in [-0.4, -0.2) is 27.0 Å². The number of carbonyl (C=O) groups excluding carboxylic acids is 1. The molecule has 2 N–H and O–H groups in total. The van der Waals surface area contributed by atoms with Crippen LogP contribution in [0.15, 0.2) is 51.8 Å². The zero-order valence-corrected chi connectivity index (χ0v) is 15.6. The Morgan fingerprint density at radius 1 is 1.20 bits per heavy atom. The lowest BCUT2D eigenvalue weighted by molar-refractivity contribution is -0.130. The van der Waals surface area contributed by atoms with Gasteiger partial charge in [-0.1, -0.05) is 28.1 Å². The van der Waals surface area contributed by atoms with Gasteiger partial charge in [-0.3, -0.25) is 10.2 Å². The van der Waals surface area contributed by atoms with Gasteiger partial charge in [0.2, 0.25) is 6.10 Å². The van der Waals surface area contributed by atoms with Crippen LogP contribution in [0.1, 0.15) is 5.56 Å². The molecule has 9 heteroatoms. The average Bonchev–Trinajstić information content (AvgIpc) is 2.61. The number of amides is 1. The molecule has 1 amide bonds. The fourth-order valence-electron chi connectivity index (χ4n) is 2.19. The number of carbonyl (C=O) groups is 1. The van der Waals surface area contributed by atoms with Crippen molar-refractivity contribution in [1.29, 1.82) is 0 Å². The molecule has 25 heavy (non-hydrogen) atoms. The van der Waals surface area contributed by atoms with Crippen LogP contribution in [-0.2, 0) is 14.8 Å². The van der Waals surface area contributed by atoms with Crippen LogP contribution in [0.3, 0.4) is 0 Å². The van der Waals surface area contributed by atoms with Crippen LogP contribution in [0.5, 0.6) is 11.5 Å². The number of halogens is 1. The Balaban J connectivity index is 1.65. The van der Waals surface area contributed by atoms with Gasteiger partial charge in [-0.15, -0.1) is 4.83 Å². The summed E-state index contributed by atoms with van der Waals surface area (Å²) in [5.74, 6) is 0.324. The Labute approximate surface area is 153 Å². The lowest BCUT2D eigenvalue weighted by Crippen LogP contribution is -2.50. The number of sulfonamides is 1. The topological polar surface area (TPSA) is 93.7 Å². The molecular formula is C16H15BrN2O5S. The van der Waals surface area contributed by atoms with Crippen LogP contribution in [0.25, 0.3) is 0 Å². The molecule has 7 nitrogen and oxygen atoms in total. The standard InChI is InChI=1S/C16H15BrN2O5S/c1-10-8-11(6-7-12(10)17)25(21,22)19-18-16(20)15-9-23-13-4-2-3-5-14(13)24-15/h2-8,15,19H,9H2,1H3,(H,18,20)/t15-/m1/s1. The Morgan fingerprint density at radius 3 is 2.64 bits per heavy atom. The molecule has 2 aromatic rings. The number of benzene rings is 2. The van der Waals surface area contributed by atoms with Crippen LogP contribution in [0.4, 0.5) is 0 Å². The quantitative estimate of drug-likeness (QED) is 0.728. The minimum absolute atomic E-state index is 0.0119. The summed E-state index contributed by atoms with van der Waals surface area (Å²) >= 11 is 3.31. The molecule has 0 spiro atoms. The van der Waals surface area contributed by atoms with Gasteiger partial charge in [0.05, 0.1) is 4.90 Å². The van der Waals surface area contributed by atoms with Crippen LogP contribution in [0, 0.1) is 6.92 Å². The number of ether oxygens (including phenoxy) is 2. The summed E-state index contributed by atoms with van der Waals surface area (Å²) in [6.07, 6.45) is -0.954. The third-order valence-electron chi connectivity index (χ3n) is 3.55. The van der Waals surface area contributed by atoms with Gasteiger partial charge >= 0.3 is 0 Å². The summed E-state index contributed by atoms with van der Waals surface area (Å²) in [4.78, 5) is 14.3. The molecule has 1 heterocycles. The first-order chi connectivity index (χ1) is 11.9. The van der Waals surface area contributed by atoms with Crippen LogP contribution < -0.4 is 19.7 Å². The maximum Gasteiger partial charge on any atom is 0.279 e. The predicted octanol–water partition coefficient (Wildman–Crippen LogP) is 1.91. The summed E-state index contributed by atoms with van der Waals surface area (Å²) in [7, 11) is -3.89. The Morgan fingerprint density at radius 2 is 1.92 bits per heavy atom. The molecule has 1 atom stereocenters. The van der Waals surface area contributed by atoms with Gasteiger partial charge in [0.25, 0.3) is 15.9 Å². The third kappa shape index (κ3) is 3.94. The van der Waals surface area contributed by atoms with Gasteiger partial charge in [-0.2, -0.15) is 0 Å². The predicted molar refractivity (Wildman–Crippen MR) is 93.7 cm³/mol. The highest BCUT2D eigenvalue weighted by Crippen LogP contribution is 2.30. The van der Waals surface area contributed by atoms with E-state index in [-0.39, 0.29) is 11.5 Å². The molecule has 0 radical (unpaired) electrons. The zero-order chi connectivity index (χ0) is 18.0. The van der Waals surface area contributed by atoms with E-state index in [1.54, 1.807) is 37.3 Å². The lowest BCUT2D eigenvalue weighted by Gasteiger charge is -2.25. The number of fused-ring (bicyclic) bond motifs is 1. The Bertz CT molecular complexity index is 916. The normalized spacial score (nSPS) is 16.3. The molecule has 0 fully saturated rings. The Hall–Kier alpha value is -2.10. The molecule has 0 saturated carbocycles. The highest BCUT2D eigenvalue weighted by molar-refractivity contribution is 9.10. The van der Waals surface area contributed by atoms with Gasteiger partial charge in [-0.25, -0.2) is 8.42 Å². The van der Waals surface area contributed by atoms with Crippen LogP contribution in [0.2, 0.25) is 0 Å². The van der Waals surface area contributed by atoms with Gasteiger partial charge < -0.3 is 9.47 Å². The summed E-state index contributed by atoms with van der Waals surface area (Å²) in [5, 5.41) is 0. The monoisotopic (exact) mass is 426 g/mol. The second-order valence-electron chi connectivity index (χ2n) is 5.37. The summed E-state index contributed by atoms with van der Waals surface area (Å²) in [5.41, 5.74) is 2.92. The van der Waals surface area contributed by atoms with Crippen molar-refractivity contribution in [2.24, 2.45) is 0 Å². The number of aryl methyl sites for hydroxylation is 1. The number of nitrogens with one attached hydrogen (secondary N) is 2. The molecular weight excluding hydrogens is 412 g/mol. The highest BCUT2D eigenvalue weighted by atomic mass is 79.9. The summed E-state index contributed by atoms with van der Waals surface area (Å²) < 4.78 is 36.3. The van der Waals surface area contributed by atoms with Crippen LogP contribution >= 0.6 is 15.9 Å². The molecule has 0 unspecified atom stereocenters. The SMILES string of the molecule is Cc1cc(S(=O)(=O)NNC(=O)[C@H]2COc3ccccc3O2)ccc1Br. The maximum atomic E-state index is 12.3. The molecule has 0 aliphatic carbocycles. The third-order valence-corrected chi connectivity index (χ3v) is 5.68. The lowest BCUT2D eigenvalue weighted by atomic mass is 10.2. The maximum absolute atomic E-state index is 12.3. The van der Waals surface area contributed by atoms with Gasteiger partial charge in [0.15, 0.2) is 11.5 Å². The molecule has 2 aromatic carbocycles. The van der Waals surface area contributed by atoms with E-state index in [4.69, 9.17) is 9.47 Å². The van der Waals surface area contributed by atoms with E-state index >= 15 is 0 Å². The minimum atomic E-state index is -3.89. The fourth-order valence-corrected chi connectivity index (χ4v) is 3.37. The molecule has 0 aromatic heterocycles. The van der Waals surface area contributed by atoms with Crippen molar-refractivity contribution in [2.45, 2.75) is 17.9 Å². The van der Waals surface area contributed by atoms with Crippen molar-refractivity contribution in [3.05, 3.63) is 52.5 Å². The first-order valence-corrected chi connectivity index (χ1v) is 9.61. The summed E-state index contributed by atoms with van der Waals surface area (Å²) in [6.45, 7) is 1.76. The van der Waals surface area contributed by atoms with E-state index in [0.717, 1.165) is 10.0 Å². The fraction of sp³-hybridized carbons (Fsp3) is 0.188. The van der Waals surface area contributed by atoms with Crippen molar-refractivity contribution < 1.29 is 22.7 Å². The zero-order valence-electron chi connectivity index (χ0n) is 13.2. The molecule has 0 saturated heterocycles. The van der Waals surface area contributed by atoms with E-state index in [2.05, 4.69) is 26.2 Å². The van der Waals surface area contributed by atoms with E-state index in [0.29, 0.717) is 11.5 Å². The molecule has 1 aliphatic rings. The van der Waals surface area contributed by atoms with Crippen molar-refractivity contribution >= 4 is 31.9 Å². The van der Waals surface area contributed by atoms with Crippen molar-refractivity contribution in [2.75, 3.05) is 6.61 Å². The molecule has 0 bridgehead atoms. The molecule has 1 aliphatic heterocycles.